The molecule has 0 saturated heterocycles. The summed E-state index contributed by atoms with van der Waals surface area (Å²) in [6.45, 7) is 0.239. The molecule has 134 valence electrons. The van der Waals surface area contributed by atoms with Crippen LogP contribution < -0.4 is 10.6 Å². The average molecular weight is 360 g/mol. The predicted molar refractivity (Wildman–Crippen MR) is 99.5 cm³/mol. The quantitative estimate of drug-likeness (QED) is 0.572. The number of carbonyl (C=O) groups excluding carboxylic acids is 2. The lowest BCUT2D eigenvalue weighted by Gasteiger charge is -2.03. The minimum atomic E-state index is -0.396. The van der Waals surface area contributed by atoms with Crippen LogP contribution in [0.2, 0.25) is 0 Å². The summed E-state index contributed by atoms with van der Waals surface area (Å²) in [7, 11) is 0. The molecule has 7 heteroatoms. The highest BCUT2D eigenvalue weighted by Gasteiger charge is 2.21. The van der Waals surface area contributed by atoms with Gasteiger partial charge in [0.05, 0.1) is 18.3 Å². The second-order valence-electron chi connectivity index (χ2n) is 5.82. The molecule has 0 radical (unpaired) electrons. The number of amides is 2. The molecule has 0 aliphatic carbocycles. The van der Waals surface area contributed by atoms with Crippen molar-refractivity contribution in [2.24, 2.45) is 0 Å². The Hall–Kier alpha value is -3.87. The fraction of sp³-hybridized carbons (Fsp3) is 0.0500. The number of furan rings is 1. The summed E-state index contributed by atoms with van der Waals surface area (Å²) in [5.74, 6) is -0.00661. The third-order valence-corrected chi connectivity index (χ3v) is 4.00. The molecule has 0 bridgehead atoms. The lowest BCUT2D eigenvalue weighted by atomic mass is 10.3. The summed E-state index contributed by atoms with van der Waals surface area (Å²) in [4.78, 5) is 29.5. The number of para-hydroxylation sites is 1. The normalized spacial score (nSPS) is 10.7. The smallest absolute Gasteiger partial charge is 0.292 e. The first-order chi connectivity index (χ1) is 13.2. The SMILES string of the molecule is O=C(NCc1ccco1)c1nc(C(=O)Nc2ccccc2)n2ccccc12. The van der Waals surface area contributed by atoms with Crippen LogP contribution in [0, 0.1) is 0 Å². The Morgan fingerprint density at radius 2 is 1.78 bits per heavy atom. The Bertz CT molecular complexity index is 1090. The van der Waals surface area contributed by atoms with Crippen LogP contribution >= 0.6 is 0 Å². The molecule has 0 unspecified atom stereocenters. The van der Waals surface area contributed by atoms with E-state index >= 15 is 0 Å². The summed E-state index contributed by atoms with van der Waals surface area (Å²) < 4.78 is 6.81. The Morgan fingerprint density at radius 3 is 2.56 bits per heavy atom. The number of fused-ring (bicyclic) bond motifs is 1. The van der Waals surface area contributed by atoms with Gasteiger partial charge in [0.15, 0.2) is 5.69 Å². The Labute approximate surface area is 154 Å². The van der Waals surface area contributed by atoms with Crippen molar-refractivity contribution in [3.8, 4) is 0 Å². The van der Waals surface area contributed by atoms with E-state index in [1.807, 2.05) is 18.2 Å². The van der Waals surface area contributed by atoms with E-state index in [9.17, 15) is 9.59 Å². The van der Waals surface area contributed by atoms with Gasteiger partial charge in [0.2, 0.25) is 5.82 Å². The van der Waals surface area contributed by atoms with Gasteiger partial charge in [0, 0.05) is 11.9 Å². The number of hydrogen-bond acceptors (Lipinski definition) is 4. The van der Waals surface area contributed by atoms with Gasteiger partial charge in [-0.05, 0) is 36.4 Å². The number of aromatic nitrogens is 2. The second-order valence-corrected chi connectivity index (χ2v) is 5.82. The van der Waals surface area contributed by atoms with Crippen LogP contribution in [0.15, 0.2) is 77.5 Å². The van der Waals surface area contributed by atoms with Crippen LogP contribution in [0.25, 0.3) is 5.52 Å². The van der Waals surface area contributed by atoms with Gasteiger partial charge in [0.1, 0.15) is 5.76 Å². The van der Waals surface area contributed by atoms with E-state index in [1.54, 1.807) is 59.3 Å². The Morgan fingerprint density at radius 1 is 0.963 bits per heavy atom. The number of carbonyl (C=O) groups is 2. The van der Waals surface area contributed by atoms with E-state index in [2.05, 4.69) is 15.6 Å². The van der Waals surface area contributed by atoms with Crippen LogP contribution in [-0.2, 0) is 6.54 Å². The molecule has 4 rings (SSSR count). The van der Waals surface area contributed by atoms with E-state index < -0.39 is 5.91 Å². The van der Waals surface area contributed by atoms with Crippen LogP contribution in [0.3, 0.4) is 0 Å². The maximum Gasteiger partial charge on any atom is 0.292 e. The monoisotopic (exact) mass is 360 g/mol. The first-order valence-corrected chi connectivity index (χ1v) is 8.36. The van der Waals surface area contributed by atoms with Crippen molar-refractivity contribution in [1.29, 1.82) is 0 Å². The van der Waals surface area contributed by atoms with E-state index in [4.69, 9.17) is 4.42 Å². The minimum Gasteiger partial charge on any atom is -0.467 e. The first-order valence-electron chi connectivity index (χ1n) is 8.36. The standard InChI is InChI=1S/C20H16N4O3/c25-19(21-13-15-9-6-12-27-15)17-16-10-4-5-11-24(16)18(23-17)20(26)22-14-7-2-1-3-8-14/h1-12H,13H2,(H,21,25)(H,22,26). The molecule has 1 aromatic carbocycles. The molecule has 3 aromatic heterocycles. The summed E-state index contributed by atoms with van der Waals surface area (Å²) in [6, 6.07) is 17.9. The number of anilines is 1. The molecule has 2 amide bonds. The minimum absolute atomic E-state index is 0.137. The largest absolute Gasteiger partial charge is 0.467 e. The molecule has 0 aliphatic rings. The molecule has 4 aromatic rings. The maximum atomic E-state index is 12.7. The van der Waals surface area contributed by atoms with Crippen LogP contribution in [0.1, 0.15) is 26.9 Å². The first kappa shape index (κ1) is 16.6. The van der Waals surface area contributed by atoms with E-state index in [1.165, 1.54) is 0 Å². The summed E-state index contributed by atoms with van der Waals surface area (Å²) in [5.41, 5.74) is 1.38. The zero-order valence-electron chi connectivity index (χ0n) is 14.3. The fourth-order valence-electron chi connectivity index (χ4n) is 2.74. The van der Waals surface area contributed by atoms with Crippen molar-refractivity contribution in [3.63, 3.8) is 0 Å². The third kappa shape index (κ3) is 3.43. The summed E-state index contributed by atoms with van der Waals surface area (Å²) >= 11 is 0. The van der Waals surface area contributed by atoms with Crippen molar-refractivity contribution in [2.45, 2.75) is 6.54 Å². The lowest BCUT2D eigenvalue weighted by molar-refractivity contribution is 0.0945. The van der Waals surface area contributed by atoms with Gasteiger partial charge >= 0.3 is 0 Å². The van der Waals surface area contributed by atoms with Crippen molar-refractivity contribution in [1.82, 2.24) is 14.7 Å². The molecule has 3 heterocycles. The van der Waals surface area contributed by atoms with Crippen molar-refractivity contribution >= 4 is 23.0 Å². The van der Waals surface area contributed by atoms with Gasteiger partial charge in [-0.2, -0.15) is 0 Å². The fourth-order valence-corrected chi connectivity index (χ4v) is 2.74. The summed E-state index contributed by atoms with van der Waals surface area (Å²) in [6.07, 6.45) is 3.24. The molecule has 0 spiro atoms. The van der Waals surface area contributed by atoms with Gasteiger partial charge < -0.3 is 15.1 Å². The zero-order valence-corrected chi connectivity index (χ0v) is 14.3. The highest BCUT2D eigenvalue weighted by Crippen LogP contribution is 2.15. The van der Waals surface area contributed by atoms with E-state index in [-0.39, 0.29) is 24.0 Å². The van der Waals surface area contributed by atoms with Gasteiger partial charge in [-0.1, -0.05) is 24.3 Å². The topological polar surface area (TPSA) is 88.6 Å². The second kappa shape index (κ2) is 7.17. The molecule has 27 heavy (non-hydrogen) atoms. The molecule has 7 nitrogen and oxygen atoms in total. The molecule has 0 saturated carbocycles. The predicted octanol–water partition coefficient (Wildman–Crippen LogP) is 3.11. The molecular formula is C20H16N4O3. The van der Waals surface area contributed by atoms with Crippen LogP contribution in [-0.4, -0.2) is 21.2 Å². The highest BCUT2D eigenvalue weighted by atomic mass is 16.3. The van der Waals surface area contributed by atoms with Gasteiger partial charge in [-0.25, -0.2) is 4.98 Å². The maximum absolute atomic E-state index is 12.7. The Kier molecular flexibility index (Phi) is 4.40. The zero-order chi connectivity index (χ0) is 18.6. The number of hydrogen-bond donors (Lipinski definition) is 2. The molecule has 0 atom stereocenters. The number of imidazole rings is 1. The van der Waals surface area contributed by atoms with Crippen LogP contribution in [0.4, 0.5) is 5.69 Å². The third-order valence-electron chi connectivity index (χ3n) is 4.00. The van der Waals surface area contributed by atoms with Gasteiger partial charge in [-0.3, -0.25) is 14.0 Å². The van der Waals surface area contributed by atoms with Crippen LogP contribution in [0.5, 0.6) is 0 Å². The van der Waals surface area contributed by atoms with E-state index in [0.29, 0.717) is 17.0 Å². The number of benzene rings is 1. The average Bonchev–Trinajstić information content (AvgIpc) is 3.35. The van der Waals surface area contributed by atoms with Gasteiger partial charge in [-0.15, -0.1) is 0 Å². The van der Waals surface area contributed by atoms with Crippen molar-refractivity contribution in [3.05, 3.63) is 90.4 Å². The van der Waals surface area contributed by atoms with Gasteiger partial charge in [0.25, 0.3) is 11.8 Å². The highest BCUT2D eigenvalue weighted by molar-refractivity contribution is 6.06. The molecule has 2 N–H and O–H groups in total. The number of pyridine rings is 1. The molecule has 0 fully saturated rings. The number of nitrogens with one attached hydrogen (secondary N) is 2. The van der Waals surface area contributed by atoms with Crippen molar-refractivity contribution < 1.29 is 14.0 Å². The van der Waals surface area contributed by atoms with Crippen molar-refractivity contribution in [2.75, 3.05) is 5.32 Å². The van der Waals surface area contributed by atoms with E-state index in [0.717, 1.165) is 0 Å². The number of rotatable bonds is 5. The molecular weight excluding hydrogens is 344 g/mol. The Balaban J connectivity index is 1.62. The summed E-state index contributed by atoms with van der Waals surface area (Å²) in [5, 5.41) is 5.54. The lowest BCUT2D eigenvalue weighted by Crippen LogP contribution is -2.23. The molecule has 0 aliphatic heterocycles. The number of nitrogens with zero attached hydrogens (tertiary/aromatic N) is 2.